The van der Waals surface area contributed by atoms with Gasteiger partial charge in [0.25, 0.3) is 0 Å². The summed E-state index contributed by atoms with van der Waals surface area (Å²) in [4.78, 5) is 26.1. The molecule has 0 radical (unpaired) electrons. The van der Waals surface area contributed by atoms with Gasteiger partial charge in [0, 0.05) is 30.1 Å². The fourth-order valence-corrected chi connectivity index (χ4v) is 3.69. The van der Waals surface area contributed by atoms with Crippen molar-refractivity contribution >= 4 is 16.7 Å². The minimum Gasteiger partial charge on any atom is -0.448 e. The summed E-state index contributed by atoms with van der Waals surface area (Å²) in [6.07, 6.45) is 7.04. The Morgan fingerprint density at radius 2 is 2.13 bits per heavy atom. The van der Waals surface area contributed by atoms with Gasteiger partial charge in [0.1, 0.15) is 23.5 Å². The van der Waals surface area contributed by atoms with Crippen molar-refractivity contribution < 1.29 is 9.21 Å². The molecule has 0 saturated carbocycles. The van der Waals surface area contributed by atoms with Crippen LogP contribution in [0.15, 0.2) is 41.3 Å². The molecule has 0 spiro atoms. The van der Waals surface area contributed by atoms with Crippen molar-refractivity contribution in [3.05, 3.63) is 54.3 Å². The van der Waals surface area contributed by atoms with Crippen molar-refractivity contribution in [3.8, 4) is 11.3 Å². The molecule has 1 aliphatic rings. The molecule has 0 amide bonds. The summed E-state index contributed by atoms with van der Waals surface area (Å²) in [5, 5.41) is 12.3. The van der Waals surface area contributed by atoms with Crippen molar-refractivity contribution in [2.75, 3.05) is 13.1 Å². The van der Waals surface area contributed by atoms with Gasteiger partial charge in [-0.05, 0) is 32.0 Å². The normalized spacial score (nSPS) is 15.0. The van der Waals surface area contributed by atoms with Crippen molar-refractivity contribution in [3.63, 3.8) is 0 Å². The van der Waals surface area contributed by atoms with Crippen LogP contribution in [0.4, 0.5) is 0 Å². The molecule has 5 rings (SSSR count). The first-order valence-corrected chi connectivity index (χ1v) is 9.97. The molecule has 4 aromatic rings. The zero-order valence-electron chi connectivity index (χ0n) is 16.6. The van der Waals surface area contributed by atoms with Gasteiger partial charge in [0.15, 0.2) is 11.7 Å². The van der Waals surface area contributed by atoms with Gasteiger partial charge < -0.3 is 9.73 Å². The second kappa shape index (κ2) is 7.75. The molecule has 1 N–H and O–H groups in total. The zero-order valence-corrected chi connectivity index (χ0v) is 16.6. The molecular weight excluding hydrogens is 382 g/mol. The van der Waals surface area contributed by atoms with Crippen LogP contribution in [0.5, 0.6) is 0 Å². The SMILES string of the molecule is Cn1cc(-c2ccc3cnc(CC(=O)c4coc(C5CCNCC5)n4)nc3c2)nn1. The molecule has 30 heavy (non-hydrogen) atoms. The van der Waals surface area contributed by atoms with E-state index in [0.29, 0.717) is 17.4 Å². The van der Waals surface area contributed by atoms with Gasteiger partial charge in [-0.2, -0.15) is 0 Å². The van der Waals surface area contributed by atoms with Crippen molar-refractivity contribution in [1.82, 2.24) is 35.3 Å². The van der Waals surface area contributed by atoms with Gasteiger partial charge in [-0.25, -0.2) is 15.0 Å². The van der Waals surface area contributed by atoms with Crippen LogP contribution in [0.2, 0.25) is 0 Å². The number of aryl methyl sites for hydroxylation is 1. The number of ketones is 1. The highest BCUT2D eigenvalue weighted by molar-refractivity contribution is 5.95. The van der Waals surface area contributed by atoms with Crippen molar-refractivity contribution in [2.45, 2.75) is 25.2 Å². The molecule has 152 valence electrons. The predicted octanol–water partition coefficient (Wildman–Crippen LogP) is 2.31. The monoisotopic (exact) mass is 403 g/mol. The fraction of sp³-hybridized carbons (Fsp3) is 0.333. The molecule has 0 aliphatic carbocycles. The number of nitrogens with one attached hydrogen (secondary N) is 1. The number of aromatic nitrogens is 6. The number of oxazole rings is 1. The van der Waals surface area contributed by atoms with E-state index in [1.807, 2.05) is 31.4 Å². The third-order valence-electron chi connectivity index (χ3n) is 5.35. The molecule has 0 bridgehead atoms. The van der Waals surface area contributed by atoms with E-state index < -0.39 is 0 Å². The molecule has 1 saturated heterocycles. The maximum absolute atomic E-state index is 12.7. The van der Waals surface area contributed by atoms with Gasteiger partial charge in [-0.1, -0.05) is 17.3 Å². The summed E-state index contributed by atoms with van der Waals surface area (Å²) in [5.41, 5.74) is 2.77. The van der Waals surface area contributed by atoms with E-state index in [0.717, 1.165) is 48.1 Å². The molecule has 1 aromatic carbocycles. The Bertz CT molecular complexity index is 1210. The van der Waals surface area contributed by atoms with E-state index >= 15 is 0 Å². The minimum absolute atomic E-state index is 0.0729. The second-order valence-corrected chi connectivity index (χ2v) is 7.53. The Balaban J connectivity index is 1.35. The van der Waals surface area contributed by atoms with Crippen LogP contribution in [0, 0.1) is 0 Å². The maximum atomic E-state index is 12.7. The third-order valence-corrected chi connectivity index (χ3v) is 5.35. The van der Waals surface area contributed by atoms with Gasteiger partial charge in [0.05, 0.1) is 18.1 Å². The molecule has 3 aromatic heterocycles. The average molecular weight is 403 g/mol. The van der Waals surface area contributed by atoms with Crippen molar-refractivity contribution in [1.29, 1.82) is 0 Å². The van der Waals surface area contributed by atoms with E-state index in [1.54, 1.807) is 10.9 Å². The Morgan fingerprint density at radius 3 is 2.93 bits per heavy atom. The molecular formula is C21H21N7O2. The minimum atomic E-state index is -0.150. The average Bonchev–Trinajstić information content (AvgIpc) is 3.43. The first-order chi connectivity index (χ1) is 14.7. The van der Waals surface area contributed by atoms with Crippen LogP contribution >= 0.6 is 0 Å². The van der Waals surface area contributed by atoms with Gasteiger partial charge in [0.2, 0.25) is 0 Å². The number of benzene rings is 1. The van der Waals surface area contributed by atoms with E-state index in [1.165, 1.54) is 6.26 Å². The number of rotatable bonds is 5. The van der Waals surface area contributed by atoms with Crippen LogP contribution in [0.25, 0.3) is 22.2 Å². The summed E-state index contributed by atoms with van der Waals surface area (Å²) in [5.74, 6) is 1.22. The highest BCUT2D eigenvalue weighted by Gasteiger charge is 2.22. The van der Waals surface area contributed by atoms with E-state index in [2.05, 4.69) is 30.6 Å². The number of fused-ring (bicyclic) bond motifs is 1. The van der Waals surface area contributed by atoms with Gasteiger partial charge in [-0.3, -0.25) is 9.48 Å². The predicted molar refractivity (Wildman–Crippen MR) is 109 cm³/mol. The standard InChI is InChI=1S/C21H21N7O2/c1-28-11-17(26-27-28)14-2-3-15-10-23-20(24-16(15)8-14)9-19(29)18-12-30-21(25-18)13-4-6-22-7-5-13/h2-3,8,10-13,22H,4-7,9H2,1H3. The molecule has 1 aliphatic heterocycles. The Labute approximate surface area is 172 Å². The number of Topliss-reactive ketones (excluding diaryl/α,β-unsaturated/α-hetero) is 1. The van der Waals surface area contributed by atoms with E-state index in [4.69, 9.17) is 4.42 Å². The fourth-order valence-electron chi connectivity index (χ4n) is 3.69. The second-order valence-electron chi connectivity index (χ2n) is 7.53. The first kappa shape index (κ1) is 18.6. The lowest BCUT2D eigenvalue weighted by molar-refractivity contribution is 0.0986. The van der Waals surface area contributed by atoms with Crippen LogP contribution in [-0.2, 0) is 13.5 Å². The summed E-state index contributed by atoms with van der Waals surface area (Å²) in [6.45, 7) is 1.88. The van der Waals surface area contributed by atoms with E-state index in [9.17, 15) is 4.79 Å². The molecule has 9 nitrogen and oxygen atoms in total. The highest BCUT2D eigenvalue weighted by Crippen LogP contribution is 2.25. The number of carbonyl (C=O) groups excluding carboxylic acids is 1. The largest absolute Gasteiger partial charge is 0.448 e. The maximum Gasteiger partial charge on any atom is 0.197 e. The lowest BCUT2D eigenvalue weighted by atomic mass is 9.98. The Kier molecular flexibility index (Phi) is 4.80. The third kappa shape index (κ3) is 3.71. The summed E-state index contributed by atoms with van der Waals surface area (Å²) < 4.78 is 7.24. The number of nitrogens with zero attached hydrogens (tertiary/aromatic N) is 6. The molecule has 0 atom stereocenters. The molecule has 0 unspecified atom stereocenters. The molecule has 4 heterocycles. The summed E-state index contributed by atoms with van der Waals surface area (Å²) in [7, 11) is 1.82. The van der Waals surface area contributed by atoms with Crippen LogP contribution in [0.1, 0.15) is 41.0 Å². The van der Waals surface area contributed by atoms with Crippen LogP contribution in [-0.4, -0.2) is 48.8 Å². The molecule has 1 fully saturated rings. The van der Waals surface area contributed by atoms with Crippen LogP contribution in [0.3, 0.4) is 0 Å². The lowest BCUT2D eigenvalue weighted by Gasteiger charge is -2.19. The van der Waals surface area contributed by atoms with Crippen LogP contribution < -0.4 is 5.32 Å². The summed E-state index contributed by atoms with van der Waals surface area (Å²) in [6, 6.07) is 5.83. The first-order valence-electron chi connectivity index (χ1n) is 9.97. The number of piperidine rings is 1. The smallest absolute Gasteiger partial charge is 0.197 e. The van der Waals surface area contributed by atoms with Gasteiger partial charge >= 0.3 is 0 Å². The number of carbonyl (C=O) groups is 1. The number of hydrogen-bond donors (Lipinski definition) is 1. The van der Waals surface area contributed by atoms with E-state index in [-0.39, 0.29) is 18.1 Å². The Morgan fingerprint density at radius 1 is 1.27 bits per heavy atom. The molecule has 9 heteroatoms. The Hall–Kier alpha value is -3.46. The summed E-state index contributed by atoms with van der Waals surface area (Å²) >= 11 is 0. The lowest BCUT2D eigenvalue weighted by Crippen LogP contribution is -2.26. The quantitative estimate of drug-likeness (QED) is 0.505. The van der Waals surface area contributed by atoms with Gasteiger partial charge in [-0.15, -0.1) is 5.10 Å². The highest BCUT2D eigenvalue weighted by atomic mass is 16.3. The topological polar surface area (TPSA) is 112 Å². The zero-order chi connectivity index (χ0) is 20.5. The number of hydrogen-bond acceptors (Lipinski definition) is 8. The van der Waals surface area contributed by atoms with Crippen molar-refractivity contribution in [2.24, 2.45) is 7.05 Å².